The van der Waals surface area contributed by atoms with Crippen LogP contribution in [0.4, 0.5) is 0 Å². The lowest BCUT2D eigenvalue weighted by Gasteiger charge is -2.17. The second-order valence-electron chi connectivity index (χ2n) is 7.21. The van der Waals surface area contributed by atoms with Crippen LogP contribution >= 0.6 is 12.2 Å². The molecule has 0 radical (unpaired) electrons. The maximum atomic E-state index is 13.5. The third kappa shape index (κ3) is 3.42. The Morgan fingerprint density at radius 1 is 1.07 bits per heavy atom. The molecular formula is C21H25NO3S2. The topological polar surface area (TPSA) is 69.4 Å². The molecule has 3 rings (SSSR count). The molecule has 0 aromatic heterocycles. The zero-order valence-corrected chi connectivity index (χ0v) is 17.4. The molecule has 1 aliphatic carbocycles. The number of nitrogens with two attached hydrogens (primary N) is 1. The zero-order chi connectivity index (χ0) is 19.8. The molecule has 3 atom stereocenters. The SMILES string of the molecule is CCOC[C@]1(C(N)=S)[C@@H](c2ccc(C)cc2)[C@@H]1S(=O)(=O)c1ccc(C)cc1. The van der Waals surface area contributed by atoms with E-state index in [1.807, 2.05) is 45.0 Å². The lowest BCUT2D eigenvalue weighted by atomic mass is 9.99. The summed E-state index contributed by atoms with van der Waals surface area (Å²) in [6, 6.07) is 14.8. The number of hydrogen-bond donors (Lipinski definition) is 1. The van der Waals surface area contributed by atoms with Gasteiger partial charge in [-0.1, -0.05) is 59.7 Å². The summed E-state index contributed by atoms with van der Waals surface area (Å²) in [6.07, 6.45) is 0. The van der Waals surface area contributed by atoms with Crippen molar-refractivity contribution in [3.05, 3.63) is 65.2 Å². The van der Waals surface area contributed by atoms with Gasteiger partial charge in [-0.2, -0.15) is 0 Å². The molecule has 2 aromatic rings. The van der Waals surface area contributed by atoms with Crippen LogP contribution < -0.4 is 5.73 Å². The van der Waals surface area contributed by atoms with Crippen LogP contribution in [-0.4, -0.2) is 31.9 Å². The quantitative estimate of drug-likeness (QED) is 0.716. The fourth-order valence-corrected chi connectivity index (χ4v) is 6.56. The van der Waals surface area contributed by atoms with Crippen molar-refractivity contribution in [2.45, 2.75) is 36.8 Å². The minimum absolute atomic E-state index is 0.196. The molecule has 27 heavy (non-hydrogen) atoms. The Labute approximate surface area is 166 Å². The van der Waals surface area contributed by atoms with E-state index in [2.05, 4.69) is 0 Å². The largest absolute Gasteiger partial charge is 0.393 e. The number of aryl methyl sites for hydroxylation is 2. The van der Waals surface area contributed by atoms with Crippen molar-refractivity contribution in [1.82, 2.24) is 0 Å². The number of benzene rings is 2. The van der Waals surface area contributed by atoms with Gasteiger partial charge in [0.15, 0.2) is 9.84 Å². The van der Waals surface area contributed by atoms with E-state index < -0.39 is 20.5 Å². The van der Waals surface area contributed by atoms with Crippen LogP contribution in [0, 0.1) is 19.3 Å². The van der Waals surface area contributed by atoms with Crippen LogP contribution in [0.3, 0.4) is 0 Å². The van der Waals surface area contributed by atoms with E-state index in [1.165, 1.54) is 0 Å². The Bertz CT molecular complexity index is 936. The minimum Gasteiger partial charge on any atom is -0.393 e. The first-order chi connectivity index (χ1) is 12.7. The van der Waals surface area contributed by atoms with Gasteiger partial charge in [-0.25, -0.2) is 8.42 Å². The summed E-state index contributed by atoms with van der Waals surface area (Å²) in [6.45, 7) is 6.48. The monoisotopic (exact) mass is 403 g/mol. The second kappa shape index (κ2) is 7.34. The van der Waals surface area contributed by atoms with Crippen molar-refractivity contribution >= 4 is 27.0 Å². The fourth-order valence-electron chi connectivity index (χ4n) is 3.79. The van der Waals surface area contributed by atoms with E-state index in [-0.39, 0.29) is 17.5 Å². The van der Waals surface area contributed by atoms with Crippen molar-refractivity contribution in [3.8, 4) is 0 Å². The average Bonchev–Trinajstić information content (AvgIpc) is 3.32. The normalized spacial score (nSPS) is 24.6. The Kier molecular flexibility index (Phi) is 5.43. The van der Waals surface area contributed by atoms with Crippen LogP contribution in [0.15, 0.2) is 53.4 Å². The predicted octanol–water partition coefficient (Wildman–Crippen LogP) is 3.55. The highest BCUT2D eigenvalue weighted by Crippen LogP contribution is 2.64. The molecule has 2 aromatic carbocycles. The van der Waals surface area contributed by atoms with Gasteiger partial charge in [0.2, 0.25) is 0 Å². The summed E-state index contributed by atoms with van der Waals surface area (Å²) in [4.78, 5) is 0.493. The van der Waals surface area contributed by atoms with E-state index in [0.29, 0.717) is 11.5 Å². The molecule has 144 valence electrons. The van der Waals surface area contributed by atoms with Gasteiger partial charge in [-0.05, 0) is 38.5 Å². The van der Waals surface area contributed by atoms with E-state index in [0.717, 1.165) is 16.7 Å². The van der Waals surface area contributed by atoms with Crippen molar-refractivity contribution in [2.24, 2.45) is 11.1 Å². The average molecular weight is 404 g/mol. The number of thiocarbonyl (C=S) groups is 1. The van der Waals surface area contributed by atoms with Crippen LogP contribution in [0.1, 0.15) is 29.5 Å². The molecular weight excluding hydrogens is 378 g/mol. The van der Waals surface area contributed by atoms with Gasteiger partial charge in [0.05, 0.1) is 27.2 Å². The molecule has 1 aliphatic rings. The fraction of sp³-hybridized carbons (Fsp3) is 0.381. The number of ether oxygens (including phenoxy) is 1. The third-order valence-corrected chi connectivity index (χ3v) is 8.05. The lowest BCUT2D eigenvalue weighted by molar-refractivity contribution is 0.121. The van der Waals surface area contributed by atoms with Crippen LogP contribution in [-0.2, 0) is 14.6 Å². The van der Waals surface area contributed by atoms with Gasteiger partial charge in [0, 0.05) is 12.5 Å². The molecule has 0 heterocycles. The van der Waals surface area contributed by atoms with Crippen molar-refractivity contribution in [1.29, 1.82) is 0 Å². The molecule has 4 nitrogen and oxygen atoms in total. The van der Waals surface area contributed by atoms with Crippen LogP contribution in [0.2, 0.25) is 0 Å². The third-order valence-electron chi connectivity index (χ3n) is 5.38. The summed E-state index contributed by atoms with van der Waals surface area (Å²) in [5.41, 5.74) is 8.27. The van der Waals surface area contributed by atoms with E-state index in [4.69, 9.17) is 22.7 Å². The van der Waals surface area contributed by atoms with Gasteiger partial charge < -0.3 is 10.5 Å². The number of hydrogen-bond acceptors (Lipinski definition) is 4. The minimum atomic E-state index is -3.62. The molecule has 0 saturated heterocycles. The van der Waals surface area contributed by atoms with Gasteiger partial charge >= 0.3 is 0 Å². The number of sulfone groups is 1. The van der Waals surface area contributed by atoms with E-state index >= 15 is 0 Å². The second-order valence-corrected chi connectivity index (χ2v) is 9.72. The van der Waals surface area contributed by atoms with E-state index in [1.54, 1.807) is 24.3 Å². The standard InChI is InChI=1S/C21H25NO3S2/c1-4-25-13-21(20(22)26)18(16-9-5-14(2)6-10-16)19(21)27(23,24)17-11-7-15(3)8-12-17/h5-12,18-19H,4,13H2,1-3H3,(H2,22,26)/t18-,19-,21-/m0/s1. The van der Waals surface area contributed by atoms with Crippen molar-refractivity contribution < 1.29 is 13.2 Å². The summed E-state index contributed by atoms with van der Waals surface area (Å²) in [5, 5.41) is -0.723. The first kappa shape index (κ1) is 20.0. The first-order valence-electron chi connectivity index (χ1n) is 9.00. The van der Waals surface area contributed by atoms with Crippen LogP contribution in [0.5, 0.6) is 0 Å². The van der Waals surface area contributed by atoms with Crippen molar-refractivity contribution in [3.63, 3.8) is 0 Å². The zero-order valence-electron chi connectivity index (χ0n) is 15.8. The Hall–Kier alpha value is -1.76. The molecule has 1 saturated carbocycles. The highest BCUT2D eigenvalue weighted by atomic mass is 32.2. The summed E-state index contributed by atoms with van der Waals surface area (Å²) in [5.74, 6) is -0.312. The highest BCUT2D eigenvalue weighted by Gasteiger charge is 2.73. The number of rotatable bonds is 7. The maximum Gasteiger partial charge on any atom is 0.182 e. The first-order valence-corrected chi connectivity index (χ1v) is 11.0. The van der Waals surface area contributed by atoms with Gasteiger partial charge in [-0.3, -0.25) is 0 Å². The summed E-state index contributed by atoms with van der Waals surface area (Å²) < 4.78 is 32.6. The molecule has 2 N–H and O–H groups in total. The molecule has 0 amide bonds. The Morgan fingerprint density at radius 2 is 1.59 bits per heavy atom. The molecule has 0 bridgehead atoms. The lowest BCUT2D eigenvalue weighted by Crippen LogP contribution is -2.33. The Balaban J connectivity index is 2.10. The predicted molar refractivity (Wildman–Crippen MR) is 112 cm³/mol. The summed E-state index contributed by atoms with van der Waals surface area (Å²) in [7, 11) is -3.62. The van der Waals surface area contributed by atoms with Crippen LogP contribution in [0.25, 0.3) is 0 Å². The molecule has 0 spiro atoms. The molecule has 6 heteroatoms. The highest BCUT2D eigenvalue weighted by molar-refractivity contribution is 7.92. The maximum absolute atomic E-state index is 13.5. The molecule has 0 aliphatic heterocycles. The molecule has 0 unspecified atom stereocenters. The Morgan fingerprint density at radius 3 is 2.07 bits per heavy atom. The van der Waals surface area contributed by atoms with Gasteiger partial charge in [0.1, 0.15) is 0 Å². The van der Waals surface area contributed by atoms with Gasteiger partial charge in [0.25, 0.3) is 0 Å². The van der Waals surface area contributed by atoms with E-state index in [9.17, 15) is 8.42 Å². The summed E-state index contributed by atoms with van der Waals surface area (Å²) >= 11 is 5.36. The van der Waals surface area contributed by atoms with Crippen molar-refractivity contribution in [2.75, 3.05) is 13.2 Å². The molecule has 1 fully saturated rings. The smallest absolute Gasteiger partial charge is 0.182 e. The van der Waals surface area contributed by atoms with Gasteiger partial charge in [-0.15, -0.1) is 0 Å².